The van der Waals surface area contributed by atoms with Crippen LogP contribution in [0.15, 0.2) is 0 Å². The van der Waals surface area contributed by atoms with Crippen molar-refractivity contribution in [3.05, 3.63) is 0 Å². The molecule has 1 saturated carbocycles. The van der Waals surface area contributed by atoms with Crippen molar-refractivity contribution in [2.24, 2.45) is 5.92 Å². The molecule has 3 heteroatoms. The van der Waals surface area contributed by atoms with Crippen LogP contribution in [-0.4, -0.2) is 36.1 Å². The lowest BCUT2D eigenvalue weighted by Gasteiger charge is -2.24. The van der Waals surface area contributed by atoms with Crippen LogP contribution in [0.1, 0.15) is 58.8 Å². The fourth-order valence-corrected chi connectivity index (χ4v) is 3.10. The molecule has 2 rings (SSSR count). The molecule has 1 aliphatic carbocycles. The number of nitriles is 1. The molecule has 0 spiro atoms. The Hall–Kier alpha value is -0.590. The first-order chi connectivity index (χ1) is 9.15. The van der Waals surface area contributed by atoms with Gasteiger partial charge in [-0.05, 0) is 64.5 Å². The fraction of sp³-hybridized carbons (Fsp3) is 0.938. The Labute approximate surface area is 118 Å². The van der Waals surface area contributed by atoms with Gasteiger partial charge in [0.25, 0.3) is 0 Å². The first-order valence-electron chi connectivity index (χ1n) is 8.06. The lowest BCUT2D eigenvalue weighted by molar-refractivity contribution is 0.304. The molecule has 2 unspecified atom stereocenters. The zero-order valence-electron chi connectivity index (χ0n) is 12.6. The topological polar surface area (TPSA) is 39.1 Å². The van der Waals surface area contributed by atoms with Crippen molar-refractivity contribution in [3.63, 3.8) is 0 Å². The lowest BCUT2D eigenvalue weighted by atomic mass is 9.96. The van der Waals surface area contributed by atoms with E-state index in [9.17, 15) is 5.26 Å². The van der Waals surface area contributed by atoms with Gasteiger partial charge in [-0.2, -0.15) is 5.26 Å². The van der Waals surface area contributed by atoms with Crippen LogP contribution in [0, 0.1) is 17.2 Å². The smallest absolute Gasteiger partial charge is 0.104 e. The summed E-state index contributed by atoms with van der Waals surface area (Å²) in [5.41, 5.74) is -0.294. The highest BCUT2D eigenvalue weighted by molar-refractivity contribution is 5.06. The average molecular weight is 263 g/mol. The third kappa shape index (κ3) is 4.78. The van der Waals surface area contributed by atoms with Crippen molar-refractivity contribution < 1.29 is 0 Å². The Kier molecular flexibility index (Phi) is 5.24. The van der Waals surface area contributed by atoms with Gasteiger partial charge in [0.1, 0.15) is 5.54 Å². The molecule has 0 aromatic carbocycles. The summed E-state index contributed by atoms with van der Waals surface area (Å²) in [6.07, 6.45) is 8.61. The number of nitrogens with one attached hydrogen (secondary N) is 1. The highest BCUT2D eigenvalue weighted by Crippen LogP contribution is 2.25. The molecule has 1 heterocycles. The summed E-state index contributed by atoms with van der Waals surface area (Å²) in [7, 11) is 0. The third-order valence-electron chi connectivity index (χ3n) is 4.70. The maximum absolute atomic E-state index is 9.32. The normalized spacial score (nSPS) is 27.1. The summed E-state index contributed by atoms with van der Waals surface area (Å²) in [5.74, 6) is 0.931. The maximum Gasteiger partial charge on any atom is 0.104 e. The van der Waals surface area contributed by atoms with E-state index in [1.54, 1.807) is 0 Å². The molecule has 3 nitrogen and oxygen atoms in total. The Balaban J connectivity index is 1.59. The molecule has 1 aliphatic heterocycles. The first-order valence-corrected chi connectivity index (χ1v) is 8.06. The van der Waals surface area contributed by atoms with Crippen molar-refractivity contribution in [1.82, 2.24) is 10.2 Å². The molecule has 0 aromatic heterocycles. The van der Waals surface area contributed by atoms with E-state index in [2.05, 4.69) is 30.1 Å². The van der Waals surface area contributed by atoms with Gasteiger partial charge in [-0.25, -0.2) is 0 Å². The molecule has 2 atom stereocenters. The third-order valence-corrected chi connectivity index (χ3v) is 4.70. The van der Waals surface area contributed by atoms with Gasteiger partial charge in [0, 0.05) is 12.6 Å². The Morgan fingerprint density at radius 3 is 2.68 bits per heavy atom. The van der Waals surface area contributed by atoms with E-state index in [1.165, 1.54) is 51.7 Å². The standard InChI is InChI=1S/C16H29N3/c1-3-14-8-11-19(12-14)10-5-4-9-16(2,13-17)18-15-6-7-15/h14-15,18H,3-12H2,1-2H3. The van der Waals surface area contributed by atoms with Crippen LogP contribution in [0.25, 0.3) is 0 Å². The van der Waals surface area contributed by atoms with Gasteiger partial charge in [0.15, 0.2) is 0 Å². The zero-order valence-corrected chi connectivity index (χ0v) is 12.6. The number of unbranched alkanes of at least 4 members (excludes halogenated alkanes) is 1. The second-order valence-corrected chi connectivity index (χ2v) is 6.68. The second kappa shape index (κ2) is 6.72. The molecule has 0 amide bonds. The minimum absolute atomic E-state index is 0.294. The van der Waals surface area contributed by atoms with Crippen molar-refractivity contribution in [3.8, 4) is 6.07 Å². The first kappa shape index (κ1) is 14.8. The van der Waals surface area contributed by atoms with E-state index in [0.717, 1.165) is 18.8 Å². The average Bonchev–Trinajstić information content (AvgIpc) is 3.09. The summed E-state index contributed by atoms with van der Waals surface area (Å²) in [6, 6.07) is 3.09. The summed E-state index contributed by atoms with van der Waals surface area (Å²) in [4.78, 5) is 2.60. The summed E-state index contributed by atoms with van der Waals surface area (Å²) in [5, 5.41) is 12.8. The minimum Gasteiger partial charge on any atom is -0.303 e. The van der Waals surface area contributed by atoms with Crippen LogP contribution < -0.4 is 5.32 Å². The van der Waals surface area contributed by atoms with Gasteiger partial charge in [0.2, 0.25) is 0 Å². The fourth-order valence-electron chi connectivity index (χ4n) is 3.10. The predicted octanol–water partition coefficient (Wildman–Crippen LogP) is 2.92. The van der Waals surface area contributed by atoms with Gasteiger partial charge in [-0.3, -0.25) is 5.32 Å². The van der Waals surface area contributed by atoms with Crippen LogP contribution >= 0.6 is 0 Å². The summed E-state index contributed by atoms with van der Waals surface area (Å²) >= 11 is 0. The van der Waals surface area contributed by atoms with Gasteiger partial charge in [-0.1, -0.05) is 13.3 Å². The Morgan fingerprint density at radius 1 is 1.32 bits per heavy atom. The van der Waals surface area contributed by atoms with Crippen molar-refractivity contribution in [1.29, 1.82) is 5.26 Å². The number of nitrogens with zero attached hydrogens (tertiary/aromatic N) is 2. The SMILES string of the molecule is CCC1CCN(CCCCC(C)(C#N)NC2CC2)C1. The minimum atomic E-state index is -0.294. The van der Waals surface area contributed by atoms with E-state index in [4.69, 9.17) is 0 Å². The number of rotatable bonds is 8. The van der Waals surface area contributed by atoms with Crippen LogP contribution in [0.2, 0.25) is 0 Å². The van der Waals surface area contributed by atoms with E-state index in [-0.39, 0.29) is 5.54 Å². The highest BCUT2D eigenvalue weighted by Gasteiger charge is 2.32. The molecule has 2 fully saturated rings. The van der Waals surface area contributed by atoms with Gasteiger partial charge in [-0.15, -0.1) is 0 Å². The molecule has 2 aliphatic rings. The van der Waals surface area contributed by atoms with Crippen LogP contribution in [0.4, 0.5) is 0 Å². The Bertz CT molecular complexity index is 318. The Morgan fingerprint density at radius 2 is 2.11 bits per heavy atom. The largest absolute Gasteiger partial charge is 0.303 e. The maximum atomic E-state index is 9.32. The van der Waals surface area contributed by atoms with Gasteiger partial charge >= 0.3 is 0 Å². The van der Waals surface area contributed by atoms with E-state index < -0.39 is 0 Å². The molecule has 0 radical (unpaired) electrons. The van der Waals surface area contributed by atoms with Crippen molar-refractivity contribution >= 4 is 0 Å². The van der Waals surface area contributed by atoms with Gasteiger partial charge in [0.05, 0.1) is 6.07 Å². The predicted molar refractivity (Wildman–Crippen MR) is 78.9 cm³/mol. The zero-order chi connectivity index (χ0) is 13.7. The van der Waals surface area contributed by atoms with Crippen LogP contribution in [0.5, 0.6) is 0 Å². The number of hydrogen-bond donors (Lipinski definition) is 1. The van der Waals surface area contributed by atoms with Gasteiger partial charge < -0.3 is 4.90 Å². The molecular formula is C16H29N3. The molecule has 108 valence electrons. The second-order valence-electron chi connectivity index (χ2n) is 6.68. The quantitative estimate of drug-likeness (QED) is 0.684. The monoisotopic (exact) mass is 263 g/mol. The highest BCUT2D eigenvalue weighted by atomic mass is 15.1. The van der Waals surface area contributed by atoms with Crippen molar-refractivity contribution in [2.75, 3.05) is 19.6 Å². The molecule has 19 heavy (non-hydrogen) atoms. The molecule has 1 saturated heterocycles. The van der Waals surface area contributed by atoms with Crippen LogP contribution in [0.3, 0.4) is 0 Å². The number of hydrogen-bond acceptors (Lipinski definition) is 3. The molecular weight excluding hydrogens is 234 g/mol. The van der Waals surface area contributed by atoms with Crippen molar-refractivity contribution in [2.45, 2.75) is 70.4 Å². The lowest BCUT2D eigenvalue weighted by Crippen LogP contribution is -2.42. The van der Waals surface area contributed by atoms with Crippen LogP contribution in [-0.2, 0) is 0 Å². The molecule has 1 N–H and O–H groups in total. The van der Waals surface area contributed by atoms with E-state index in [1.807, 2.05) is 0 Å². The van der Waals surface area contributed by atoms with E-state index >= 15 is 0 Å². The summed E-state index contributed by atoms with van der Waals surface area (Å²) < 4.78 is 0. The number of likely N-dealkylation sites (tertiary alicyclic amines) is 1. The van der Waals surface area contributed by atoms with E-state index in [0.29, 0.717) is 6.04 Å². The summed E-state index contributed by atoms with van der Waals surface area (Å²) in [6.45, 7) is 8.17. The molecule has 0 aromatic rings. The molecule has 0 bridgehead atoms.